The maximum atomic E-state index is 5.69. The van der Waals surface area contributed by atoms with Crippen molar-refractivity contribution in [2.24, 2.45) is 0 Å². The van der Waals surface area contributed by atoms with Crippen molar-refractivity contribution in [2.75, 3.05) is 12.8 Å². The summed E-state index contributed by atoms with van der Waals surface area (Å²) in [6.45, 7) is 4.34. The molecular weight excluding hydrogens is 258 g/mol. The highest BCUT2D eigenvalue weighted by Gasteiger charge is 2.02. The fourth-order valence-corrected chi connectivity index (χ4v) is 2.10. The minimum atomic E-state index is 0.463. The third-order valence-electron chi connectivity index (χ3n) is 2.73. The Morgan fingerprint density at radius 3 is 2.74 bits per heavy atom. The number of furan rings is 1. The number of nitrogens with one attached hydrogen (secondary N) is 1. The second-order valence-electron chi connectivity index (χ2n) is 4.17. The number of benzene rings is 1. The van der Waals surface area contributed by atoms with Crippen LogP contribution in [0.4, 0.5) is 0 Å². The third kappa shape index (κ3) is 4.33. The fourth-order valence-electron chi connectivity index (χ4n) is 1.69. The molecule has 0 atom stereocenters. The molecule has 0 amide bonds. The van der Waals surface area contributed by atoms with Crippen LogP contribution in [0.15, 0.2) is 45.9 Å². The van der Waals surface area contributed by atoms with Crippen molar-refractivity contribution in [3.8, 4) is 5.75 Å². The molecule has 1 N–H and O–H groups in total. The Morgan fingerprint density at radius 1 is 1.26 bits per heavy atom. The van der Waals surface area contributed by atoms with Gasteiger partial charge in [0.25, 0.3) is 0 Å². The molecular formula is C15H19NO2S. The van der Waals surface area contributed by atoms with E-state index in [-0.39, 0.29) is 0 Å². The van der Waals surface area contributed by atoms with E-state index in [9.17, 15) is 0 Å². The van der Waals surface area contributed by atoms with Gasteiger partial charge in [-0.3, -0.25) is 0 Å². The van der Waals surface area contributed by atoms with Crippen LogP contribution in [0.3, 0.4) is 0 Å². The van der Waals surface area contributed by atoms with Crippen molar-refractivity contribution in [2.45, 2.75) is 25.0 Å². The van der Waals surface area contributed by atoms with E-state index in [1.54, 1.807) is 18.0 Å². The Morgan fingerprint density at radius 2 is 2.05 bits per heavy atom. The third-order valence-corrected chi connectivity index (χ3v) is 3.47. The highest BCUT2D eigenvalue weighted by molar-refractivity contribution is 7.98. The average molecular weight is 277 g/mol. The molecule has 0 saturated carbocycles. The summed E-state index contributed by atoms with van der Waals surface area (Å²) in [4.78, 5) is 1.23. The number of ether oxygens (including phenoxy) is 1. The summed E-state index contributed by atoms with van der Waals surface area (Å²) >= 11 is 1.72. The van der Waals surface area contributed by atoms with Crippen LogP contribution in [0, 0.1) is 0 Å². The minimum Gasteiger partial charge on any atom is -0.486 e. The maximum Gasteiger partial charge on any atom is 0.146 e. The molecule has 102 valence electrons. The lowest BCUT2D eigenvalue weighted by molar-refractivity contribution is 0.270. The van der Waals surface area contributed by atoms with Gasteiger partial charge in [0.1, 0.15) is 18.1 Å². The van der Waals surface area contributed by atoms with Crippen molar-refractivity contribution in [3.05, 3.63) is 47.9 Å². The van der Waals surface area contributed by atoms with Gasteiger partial charge in [0.15, 0.2) is 0 Å². The van der Waals surface area contributed by atoms with E-state index in [2.05, 4.69) is 30.6 Å². The highest BCUT2D eigenvalue weighted by atomic mass is 32.2. The predicted molar refractivity (Wildman–Crippen MR) is 78.6 cm³/mol. The smallest absolute Gasteiger partial charge is 0.146 e. The second-order valence-corrected chi connectivity index (χ2v) is 5.05. The van der Waals surface area contributed by atoms with Crippen molar-refractivity contribution in [3.63, 3.8) is 0 Å². The first kappa shape index (κ1) is 14.0. The molecule has 1 aromatic carbocycles. The Bertz CT molecular complexity index is 493. The van der Waals surface area contributed by atoms with Gasteiger partial charge < -0.3 is 14.5 Å². The van der Waals surface area contributed by atoms with Gasteiger partial charge in [-0.1, -0.05) is 6.92 Å². The Hall–Kier alpha value is -1.39. The molecule has 0 spiro atoms. The lowest BCUT2D eigenvalue weighted by atomic mass is 10.3. The summed E-state index contributed by atoms with van der Waals surface area (Å²) in [5.41, 5.74) is 1.15. The molecule has 0 saturated heterocycles. The number of hydrogen-bond acceptors (Lipinski definition) is 4. The monoisotopic (exact) mass is 277 g/mol. The topological polar surface area (TPSA) is 34.4 Å². The van der Waals surface area contributed by atoms with Crippen LogP contribution in [0.25, 0.3) is 0 Å². The zero-order valence-corrected chi connectivity index (χ0v) is 12.1. The summed E-state index contributed by atoms with van der Waals surface area (Å²) in [6.07, 6.45) is 3.84. The normalized spacial score (nSPS) is 10.6. The second kappa shape index (κ2) is 7.26. The largest absolute Gasteiger partial charge is 0.486 e. The van der Waals surface area contributed by atoms with Gasteiger partial charge in [-0.05, 0) is 43.1 Å². The van der Waals surface area contributed by atoms with E-state index in [0.717, 1.165) is 30.2 Å². The summed E-state index contributed by atoms with van der Waals surface area (Å²) in [5, 5.41) is 3.26. The van der Waals surface area contributed by atoms with Crippen LogP contribution in [0.1, 0.15) is 18.2 Å². The van der Waals surface area contributed by atoms with Crippen molar-refractivity contribution >= 4 is 11.8 Å². The molecule has 3 nitrogen and oxygen atoms in total. The maximum absolute atomic E-state index is 5.69. The molecule has 0 aliphatic carbocycles. The molecule has 0 unspecified atom stereocenters. The van der Waals surface area contributed by atoms with Crippen LogP contribution < -0.4 is 10.1 Å². The van der Waals surface area contributed by atoms with Gasteiger partial charge in [0.2, 0.25) is 0 Å². The van der Waals surface area contributed by atoms with Gasteiger partial charge in [0, 0.05) is 17.0 Å². The first-order chi connectivity index (χ1) is 9.31. The molecule has 1 aromatic heterocycles. The molecule has 0 bridgehead atoms. The van der Waals surface area contributed by atoms with E-state index in [1.165, 1.54) is 4.90 Å². The molecule has 1 heterocycles. The van der Waals surface area contributed by atoms with Crippen LogP contribution in [-0.2, 0) is 13.2 Å². The number of thioether (sulfide) groups is 1. The Labute approximate surface area is 118 Å². The molecule has 0 aliphatic heterocycles. The first-order valence-electron chi connectivity index (χ1n) is 6.35. The molecule has 4 heteroatoms. The number of hydrogen-bond donors (Lipinski definition) is 1. The van der Waals surface area contributed by atoms with Gasteiger partial charge >= 0.3 is 0 Å². The van der Waals surface area contributed by atoms with Gasteiger partial charge in [-0.25, -0.2) is 0 Å². The lowest BCUT2D eigenvalue weighted by Gasteiger charge is -2.04. The molecule has 2 rings (SSSR count). The fraction of sp³-hybridized carbons (Fsp3) is 0.333. The van der Waals surface area contributed by atoms with Crippen molar-refractivity contribution < 1.29 is 9.15 Å². The van der Waals surface area contributed by atoms with Crippen LogP contribution in [0.2, 0.25) is 0 Å². The van der Waals surface area contributed by atoms with Crippen LogP contribution in [-0.4, -0.2) is 12.8 Å². The first-order valence-corrected chi connectivity index (χ1v) is 7.58. The predicted octanol–water partition coefficient (Wildman–Crippen LogP) is 3.69. The SMILES string of the molecule is CCNCc1coc(COc2ccc(SC)cc2)c1. The van der Waals surface area contributed by atoms with Gasteiger partial charge in [0.05, 0.1) is 6.26 Å². The molecule has 19 heavy (non-hydrogen) atoms. The van der Waals surface area contributed by atoms with E-state index in [1.807, 2.05) is 18.2 Å². The van der Waals surface area contributed by atoms with Gasteiger partial charge in [-0.15, -0.1) is 11.8 Å². The van der Waals surface area contributed by atoms with E-state index >= 15 is 0 Å². The van der Waals surface area contributed by atoms with Crippen molar-refractivity contribution in [1.82, 2.24) is 5.32 Å². The molecule has 0 radical (unpaired) electrons. The van der Waals surface area contributed by atoms with Crippen LogP contribution in [0.5, 0.6) is 5.75 Å². The Balaban J connectivity index is 1.85. The summed E-state index contributed by atoms with van der Waals surface area (Å²) in [5.74, 6) is 1.71. The van der Waals surface area contributed by atoms with E-state index in [0.29, 0.717) is 6.61 Å². The molecule has 2 aromatic rings. The minimum absolute atomic E-state index is 0.463. The number of rotatable bonds is 7. The summed E-state index contributed by atoms with van der Waals surface area (Å²) in [6, 6.07) is 10.1. The molecule has 0 aliphatic rings. The standard InChI is InChI=1S/C15H19NO2S/c1-3-16-9-12-8-14(17-10-12)11-18-13-4-6-15(19-2)7-5-13/h4-8,10,16H,3,9,11H2,1-2H3. The molecule has 0 fully saturated rings. The lowest BCUT2D eigenvalue weighted by Crippen LogP contribution is -2.10. The zero-order chi connectivity index (χ0) is 13.5. The highest BCUT2D eigenvalue weighted by Crippen LogP contribution is 2.20. The van der Waals surface area contributed by atoms with Crippen molar-refractivity contribution in [1.29, 1.82) is 0 Å². The summed E-state index contributed by atoms with van der Waals surface area (Å²) < 4.78 is 11.1. The summed E-state index contributed by atoms with van der Waals surface area (Å²) in [7, 11) is 0. The van der Waals surface area contributed by atoms with E-state index < -0.39 is 0 Å². The van der Waals surface area contributed by atoms with Crippen LogP contribution >= 0.6 is 11.8 Å². The van der Waals surface area contributed by atoms with E-state index in [4.69, 9.17) is 9.15 Å². The Kier molecular flexibility index (Phi) is 5.36. The zero-order valence-electron chi connectivity index (χ0n) is 11.3. The quantitative estimate of drug-likeness (QED) is 0.783. The van der Waals surface area contributed by atoms with Gasteiger partial charge in [-0.2, -0.15) is 0 Å². The average Bonchev–Trinajstić information content (AvgIpc) is 2.91.